The quantitative estimate of drug-likeness (QED) is 0.825. The van der Waals surface area contributed by atoms with E-state index in [4.69, 9.17) is 9.15 Å². The van der Waals surface area contributed by atoms with Gasteiger partial charge >= 0.3 is 6.01 Å². The van der Waals surface area contributed by atoms with Crippen LogP contribution in [0.2, 0.25) is 0 Å². The standard InChI is InChI=1S/C12H18N6O2/c1-5-13-10-16-11(18-12(17-10)19-4)15-8(3)9-14-6-7(2)20-9/h6,8H,5H2,1-4H3,(H2,13,15,16,17,18). The van der Waals surface area contributed by atoms with Gasteiger partial charge in [0.25, 0.3) is 0 Å². The molecule has 0 saturated carbocycles. The first-order valence-electron chi connectivity index (χ1n) is 6.35. The summed E-state index contributed by atoms with van der Waals surface area (Å²) in [6.07, 6.45) is 1.67. The summed E-state index contributed by atoms with van der Waals surface area (Å²) in [5.74, 6) is 2.19. The summed E-state index contributed by atoms with van der Waals surface area (Å²) in [6.45, 7) is 6.43. The molecule has 2 aromatic rings. The fraction of sp³-hybridized carbons (Fsp3) is 0.500. The van der Waals surface area contributed by atoms with E-state index >= 15 is 0 Å². The molecule has 0 fully saturated rings. The maximum Gasteiger partial charge on any atom is 0.322 e. The van der Waals surface area contributed by atoms with Gasteiger partial charge in [-0.1, -0.05) is 0 Å². The van der Waals surface area contributed by atoms with E-state index in [1.807, 2.05) is 20.8 Å². The minimum absolute atomic E-state index is 0.162. The largest absolute Gasteiger partial charge is 0.467 e. The molecule has 0 aliphatic rings. The molecule has 1 atom stereocenters. The number of hydrogen-bond acceptors (Lipinski definition) is 8. The second kappa shape index (κ2) is 6.18. The van der Waals surface area contributed by atoms with Crippen LogP contribution in [0.25, 0.3) is 0 Å². The van der Waals surface area contributed by atoms with Crippen LogP contribution in [0.5, 0.6) is 6.01 Å². The number of aromatic nitrogens is 4. The molecule has 2 aromatic heterocycles. The van der Waals surface area contributed by atoms with Crippen molar-refractivity contribution in [1.29, 1.82) is 0 Å². The number of ether oxygens (including phenoxy) is 1. The molecule has 20 heavy (non-hydrogen) atoms. The molecule has 108 valence electrons. The number of hydrogen-bond donors (Lipinski definition) is 2. The van der Waals surface area contributed by atoms with E-state index in [9.17, 15) is 0 Å². The van der Waals surface area contributed by atoms with Crippen LogP contribution in [0.1, 0.15) is 31.5 Å². The minimum atomic E-state index is -0.162. The predicted octanol–water partition coefficient (Wildman–Crippen LogP) is 1.78. The normalized spacial score (nSPS) is 12.0. The average molecular weight is 278 g/mol. The first kappa shape index (κ1) is 14.0. The highest BCUT2D eigenvalue weighted by Crippen LogP contribution is 2.18. The molecule has 0 saturated heterocycles. The van der Waals surface area contributed by atoms with Gasteiger partial charge in [0, 0.05) is 6.54 Å². The summed E-state index contributed by atoms with van der Waals surface area (Å²) in [5.41, 5.74) is 0. The van der Waals surface area contributed by atoms with Crippen molar-refractivity contribution in [3.05, 3.63) is 17.8 Å². The molecule has 2 N–H and O–H groups in total. The maximum absolute atomic E-state index is 5.46. The SMILES string of the molecule is CCNc1nc(NC(C)c2ncc(C)o2)nc(OC)n1. The van der Waals surface area contributed by atoms with Crippen LogP contribution >= 0.6 is 0 Å². The fourth-order valence-corrected chi connectivity index (χ4v) is 1.58. The van der Waals surface area contributed by atoms with E-state index < -0.39 is 0 Å². The van der Waals surface area contributed by atoms with Gasteiger partial charge in [-0.3, -0.25) is 0 Å². The molecule has 0 spiro atoms. The lowest BCUT2D eigenvalue weighted by Gasteiger charge is -2.12. The Bertz CT molecular complexity index is 571. The Kier molecular flexibility index (Phi) is 4.34. The third-order valence-corrected chi connectivity index (χ3v) is 2.49. The molecule has 0 bridgehead atoms. The lowest BCUT2D eigenvalue weighted by atomic mass is 10.3. The lowest BCUT2D eigenvalue weighted by molar-refractivity contribution is 0.379. The zero-order valence-electron chi connectivity index (χ0n) is 12.0. The van der Waals surface area contributed by atoms with Gasteiger partial charge in [0.1, 0.15) is 11.8 Å². The van der Waals surface area contributed by atoms with Crippen LogP contribution in [-0.4, -0.2) is 33.6 Å². The summed E-state index contributed by atoms with van der Waals surface area (Å²) in [5, 5.41) is 6.13. The average Bonchev–Trinajstić information content (AvgIpc) is 2.85. The molecular formula is C12H18N6O2. The van der Waals surface area contributed by atoms with Gasteiger partial charge in [0.05, 0.1) is 13.3 Å². The topological polar surface area (TPSA) is 98.0 Å². The van der Waals surface area contributed by atoms with E-state index in [0.29, 0.717) is 24.3 Å². The Morgan fingerprint density at radius 2 is 2.05 bits per heavy atom. The molecule has 0 aliphatic heterocycles. The molecule has 2 rings (SSSR count). The zero-order valence-corrected chi connectivity index (χ0v) is 12.0. The Labute approximate surface area is 117 Å². The van der Waals surface area contributed by atoms with Crippen LogP contribution in [0.4, 0.5) is 11.9 Å². The van der Waals surface area contributed by atoms with E-state index in [-0.39, 0.29) is 12.1 Å². The molecule has 2 heterocycles. The zero-order chi connectivity index (χ0) is 14.5. The van der Waals surface area contributed by atoms with Crippen LogP contribution in [0.15, 0.2) is 10.6 Å². The summed E-state index contributed by atoms with van der Waals surface area (Å²) in [6, 6.07) is 0.0829. The van der Waals surface area contributed by atoms with E-state index in [1.165, 1.54) is 7.11 Å². The molecule has 0 radical (unpaired) electrons. The minimum Gasteiger partial charge on any atom is -0.467 e. The number of methoxy groups -OCH3 is 1. The van der Waals surface area contributed by atoms with Crippen LogP contribution < -0.4 is 15.4 Å². The second-order valence-electron chi connectivity index (χ2n) is 4.17. The molecule has 0 amide bonds. The molecule has 1 unspecified atom stereocenters. The van der Waals surface area contributed by atoms with Gasteiger partial charge in [0.15, 0.2) is 0 Å². The number of anilines is 2. The van der Waals surface area contributed by atoms with Crippen LogP contribution in [0, 0.1) is 6.92 Å². The number of nitrogens with one attached hydrogen (secondary N) is 2. The van der Waals surface area contributed by atoms with E-state index in [0.717, 1.165) is 5.76 Å². The van der Waals surface area contributed by atoms with Gasteiger partial charge in [0.2, 0.25) is 17.8 Å². The van der Waals surface area contributed by atoms with Crippen molar-refractivity contribution >= 4 is 11.9 Å². The van der Waals surface area contributed by atoms with Gasteiger partial charge in [-0.2, -0.15) is 15.0 Å². The number of nitrogens with zero attached hydrogens (tertiary/aromatic N) is 4. The van der Waals surface area contributed by atoms with Crippen LogP contribution in [0.3, 0.4) is 0 Å². The third kappa shape index (κ3) is 3.34. The lowest BCUT2D eigenvalue weighted by Crippen LogP contribution is -2.13. The first-order chi connectivity index (χ1) is 9.62. The van der Waals surface area contributed by atoms with Gasteiger partial charge in [-0.25, -0.2) is 4.98 Å². The van der Waals surface area contributed by atoms with Crippen LogP contribution in [-0.2, 0) is 0 Å². The highest BCUT2D eigenvalue weighted by atomic mass is 16.5. The summed E-state index contributed by atoms with van der Waals surface area (Å²) >= 11 is 0. The van der Waals surface area contributed by atoms with Crippen molar-refractivity contribution in [3.8, 4) is 6.01 Å². The summed E-state index contributed by atoms with van der Waals surface area (Å²) in [4.78, 5) is 16.6. The van der Waals surface area contributed by atoms with Crippen molar-refractivity contribution in [2.75, 3.05) is 24.3 Å². The number of oxazole rings is 1. The van der Waals surface area contributed by atoms with E-state index in [2.05, 4.69) is 30.6 Å². The fourth-order valence-electron chi connectivity index (χ4n) is 1.58. The van der Waals surface area contributed by atoms with Gasteiger partial charge < -0.3 is 19.8 Å². The summed E-state index contributed by atoms with van der Waals surface area (Å²) < 4.78 is 10.5. The highest BCUT2D eigenvalue weighted by molar-refractivity contribution is 5.36. The van der Waals surface area contributed by atoms with Crippen molar-refractivity contribution in [2.45, 2.75) is 26.8 Å². The Morgan fingerprint density at radius 1 is 1.30 bits per heavy atom. The number of rotatable bonds is 6. The molecule has 8 nitrogen and oxygen atoms in total. The van der Waals surface area contributed by atoms with Crippen molar-refractivity contribution in [3.63, 3.8) is 0 Å². The Morgan fingerprint density at radius 3 is 2.65 bits per heavy atom. The maximum atomic E-state index is 5.46. The third-order valence-electron chi connectivity index (χ3n) is 2.49. The molecule has 8 heteroatoms. The van der Waals surface area contributed by atoms with Gasteiger partial charge in [-0.05, 0) is 20.8 Å². The van der Waals surface area contributed by atoms with Gasteiger partial charge in [-0.15, -0.1) is 0 Å². The van der Waals surface area contributed by atoms with Crippen molar-refractivity contribution < 1.29 is 9.15 Å². The first-order valence-corrected chi connectivity index (χ1v) is 6.35. The highest BCUT2D eigenvalue weighted by Gasteiger charge is 2.14. The summed E-state index contributed by atoms with van der Waals surface area (Å²) in [7, 11) is 1.51. The molecule has 0 aliphatic carbocycles. The molecular weight excluding hydrogens is 260 g/mol. The second-order valence-corrected chi connectivity index (χ2v) is 4.17. The Balaban J connectivity index is 2.17. The number of aryl methyl sites for hydroxylation is 1. The monoisotopic (exact) mass is 278 g/mol. The Hall–Kier alpha value is -2.38. The predicted molar refractivity (Wildman–Crippen MR) is 73.8 cm³/mol. The van der Waals surface area contributed by atoms with Crippen molar-refractivity contribution in [1.82, 2.24) is 19.9 Å². The van der Waals surface area contributed by atoms with Crippen molar-refractivity contribution in [2.24, 2.45) is 0 Å². The molecule has 0 aromatic carbocycles. The van der Waals surface area contributed by atoms with E-state index in [1.54, 1.807) is 6.20 Å². The smallest absolute Gasteiger partial charge is 0.322 e.